The largest absolute Gasteiger partial charge is 0.393 e. The third-order valence-electron chi connectivity index (χ3n) is 11.9. The van der Waals surface area contributed by atoms with E-state index in [2.05, 4.69) is 42.7 Å². The van der Waals surface area contributed by atoms with Crippen LogP contribution in [0.2, 0.25) is 0 Å². The number of carbonyl (C=O) groups is 1. The van der Waals surface area contributed by atoms with E-state index >= 15 is 0 Å². The molecule has 0 aliphatic heterocycles. The molecule has 4 N–H and O–H groups in total. The number of carbonyl (C=O) groups excluding carboxylic acids is 1. The highest BCUT2D eigenvalue weighted by molar-refractivity contribution is 7.92. The quantitative estimate of drug-likeness (QED) is 0.367. The maximum atomic E-state index is 12.3. The van der Waals surface area contributed by atoms with Gasteiger partial charge >= 0.3 is 6.03 Å². The SMILES string of the molecule is CC[C@@H]1C2C[C@H](O)CC[C@]2(C)[C@H]2CC[C@]3(C)[C@@H]([C@H](C)CCNC(=O)NS(=O)(=O)c4nccs4)CC[C@H]3[C@@H]2[C@@H]1O. The summed E-state index contributed by atoms with van der Waals surface area (Å²) < 4.78 is 26.5. The van der Waals surface area contributed by atoms with Crippen molar-refractivity contribution in [3.63, 3.8) is 0 Å². The summed E-state index contributed by atoms with van der Waals surface area (Å²) in [6.45, 7) is 9.81. The number of aliphatic hydroxyl groups excluding tert-OH is 2. The fraction of sp³-hybridized carbons (Fsp3) is 0.862. The highest BCUT2D eigenvalue weighted by atomic mass is 32.2. The highest BCUT2D eigenvalue weighted by Crippen LogP contribution is 2.69. The molecule has 0 aromatic carbocycles. The molecule has 0 saturated heterocycles. The van der Waals surface area contributed by atoms with Gasteiger partial charge in [-0.3, -0.25) is 0 Å². The van der Waals surface area contributed by atoms with Gasteiger partial charge in [0.15, 0.2) is 0 Å². The molecule has 10 heteroatoms. The van der Waals surface area contributed by atoms with Crippen molar-refractivity contribution in [2.75, 3.05) is 6.54 Å². The van der Waals surface area contributed by atoms with Crippen molar-refractivity contribution < 1.29 is 23.4 Å². The van der Waals surface area contributed by atoms with Gasteiger partial charge in [0.2, 0.25) is 4.34 Å². The van der Waals surface area contributed by atoms with Gasteiger partial charge in [-0.2, -0.15) is 8.42 Å². The summed E-state index contributed by atoms with van der Waals surface area (Å²) in [5, 5.41) is 26.7. The molecule has 4 aliphatic rings. The molecule has 1 aromatic heterocycles. The number of aliphatic hydroxyl groups is 2. The first-order valence-corrected chi connectivity index (χ1v) is 17.3. The van der Waals surface area contributed by atoms with Gasteiger partial charge in [-0.25, -0.2) is 14.5 Å². The molecule has 8 nitrogen and oxygen atoms in total. The Morgan fingerprint density at radius 2 is 1.85 bits per heavy atom. The second-order valence-corrected chi connectivity index (χ2v) is 16.3. The van der Waals surface area contributed by atoms with E-state index in [4.69, 9.17) is 0 Å². The molecule has 1 unspecified atom stereocenters. The van der Waals surface area contributed by atoms with Crippen LogP contribution in [0.1, 0.15) is 85.5 Å². The van der Waals surface area contributed by atoms with Crippen molar-refractivity contribution in [2.45, 2.75) is 102 Å². The first-order chi connectivity index (χ1) is 18.4. The number of amides is 2. The zero-order valence-electron chi connectivity index (χ0n) is 23.8. The summed E-state index contributed by atoms with van der Waals surface area (Å²) in [7, 11) is -3.94. The fourth-order valence-electron chi connectivity index (χ4n) is 10.1. The zero-order chi connectivity index (χ0) is 28.2. The van der Waals surface area contributed by atoms with Crippen LogP contribution < -0.4 is 10.0 Å². The first-order valence-electron chi connectivity index (χ1n) is 15.0. The smallest absolute Gasteiger partial charge is 0.328 e. The predicted octanol–water partition coefficient (Wildman–Crippen LogP) is 4.78. The van der Waals surface area contributed by atoms with Crippen LogP contribution in [0.4, 0.5) is 4.79 Å². The number of aromatic nitrogens is 1. The molecule has 5 rings (SSSR count). The van der Waals surface area contributed by atoms with Gasteiger partial charge in [-0.1, -0.05) is 34.1 Å². The van der Waals surface area contributed by atoms with Gasteiger partial charge in [0.1, 0.15) is 0 Å². The van der Waals surface area contributed by atoms with Crippen LogP contribution in [0, 0.1) is 52.3 Å². The van der Waals surface area contributed by atoms with Gasteiger partial charge in [0.25, 0.3) is 10.0 Å². The molecule has 4 aliphatic carbocycles. The Hall–Kier alpha value is -1.23. The molecule has 39 heavy (non-hydrogen) atoms. The lowest BCUT2D eigenvalue weighted by Gasteiger charge is -2.64. The van der Waals surface area contributed by atoms with Crippen molar-refractivity contribution in [2.24, 2.45) is 52.3 Å². The van der Waals surface area contributed by atoms with E-state index in [1.165, 1.54) is 12.6 Å². The Morgan fingerprint density at radius 1 is 1.13 bits per heavy atom. The summed E-state index contributed by atoms with van der Waals surface area (Å²) >= 11 is 0.972. The predicted molar refractivity (Wildman–Crippen MR) is 151 cm³/mol. The molecule has 0 radical (unpaired) electrons. The standard InChI is InChI=1S/C29H47N3O5S2/c1-5-19-23-16-18(33)8-11-29(23,4)22-9-12-28(3)20(6-7-21(28)24(22)25(19)34)17(2)10-13-30-26(35)32-39(36,37)27-31-14-15-38-27/h14-15,17-25,33-34H,5-13,16H2,1-4H3,(H2,30,32,35)/t17-,18-,19-,20-,21+,22+,23?,24+,25-,28-,29-/m1/s1. The van der Waals surface area contributed by atoms with E-state index in [9.17, 15) is 23.4 Å². The van der Waals surface area contributed by atoms with Gasteiger partial charge in [0, 0.05) is 18.1 Å². The number of rotatable bonds is 7. The van der Waals surface area contributed by atoms with Crippen molar-refractivity contribution in [3.8, 4) is 0 Å². The molecule has 2 amide bonds. The summed E-state index contributed by atoms with van der Waals surface area (Å²) in [4.78, 5) is 16.1. The minimum Gasteiger partial charge on any atom is -0.393 e. The minimum atomic E-state index is -3.94. The monoisotopic (exact) mass is 581 g/mol. The van der Waals surface area contributed by atoms with E-state index in [0.29, 0.717) is 42.1 Å². The van der Waals surface area contributed by atoms with Gasteiger partial charge in [-0.15, -0.1) is 11.3 Å². The molecular weight excluding hydrogens is 534 g/mol. The Labute approximate surface area is 237 Å². The van der Waals surface area contributed by atoms with E-state index in [-0.39, 0.29) is 33.3 Å². The van der Waals surface area contributed by atoms with Crippen LogP contribution in [0.25, 0.3) is 0 Å². The number of nitrogens with one attached hydrogen (secondary N) is 2. The summed E-state index contributed by atoms with van der Waals surface area (Å²) in [5.74, 6) is 2.89. The van der Waals surface area contributed by atoms with Gasteiger partial charge in [0.05, 0.1) is 12.2 Å². The zero-order valence-corrected chi connectivity index (χ0v) is 25.4. The van der Waals surface area contributed by atoms with Crippen LogP contribution in [-0.4, -0.2) is 48.4 Å². The normalized spacial score (nSPS) is 42.6. The second-order valence-electron chi connectivity index (χ2n) is 13.5. The molecule has 4 saturated carbocycles. The molecule has 0 spiro atoms. The van der Waals surface area contributed by atoms with E-state index < -0.39 is 16.1 Å². The number of hydrogen-bond donors (Lipinski definition) is 4. The van der Waals surface area contributed by atoms with Crippen molar-refractivity contribution in [1.82, 2.24) is 15.0 Å². The first kappa shape index (κ1) is 29.3. The van der Waals surface area contributed by atoms with Crippen LogP contribution in [-0.2, 0) is 10.0 Å². The average Bonchev–Trinajstić information content (AvgIpc) is 3.54. The fourth-order valence-corrected chi connectivity index (χ4v) is 11.9. The summed E-state index contributed by atoms with van der Waals surface area (Å²) in [6.07, 6.45) is 10.0. The van der Waals surface area contributed by atoms with Gasteiger partial charge in [-0.05, 0) is 104 Å². The third kappa shape index (κ3) is 5.06. The molecular formula is C29H47N3O5S2. The van der Waals surface area contributed by atoms with Crippen LogP contribution in [0.15, 0.2) is 15.9 Å². The second kappa shape index (κ2) is 10.9. The van der Waals surface area contributed by atoms with E-state index in [1.54, 1.807) is 5.38 Å². The topological polar surface area (TPSA) is 129 Å². The van der Waals surface area contributed by atoms with Crippen molar-refractivity contribution in [1.29, 1.82) is 0 Å². The molecule has 1 aromatic rings. The lowest BCUT2D eigenvalue weighted by atomic mass is 9.41. The number of urea groups is 1. The number of nitrogens with zero attached hydrogens (tertiary/aromatic N) is 1. The lowest BCUT2D eigenvalue weighted by Crippen LogP contribution is -2.62. The number of sulfonamides is 1. The Bertz CT molecular complexity index is 1130. The molecule has 220 valence electrons. The number of hydrogen-bond acceptors (Lipinski definition) is 7. The molecule has 4 fully saturated rings. The number of thiazole rings is 1. The van der Waals surface area contributed by atoms with Crippen molar-refractivity contribution >= 4 is 27.4 Å². The minimum absolute atomic E-state index is 0.119. The number of fused-ring (bicyclic) bond motifs is 5. The molecule has 0 bridgehead atoms. The maximum absolute atomic E-state index is 12.3. The summed E-state index contributed by atoms with van der Waals surface area (Å²) in [6, 6.07) is -0.718. The van der Waals surface area contributed by atoms with Crippen LogP contribution in [0.5, 0.6) is 0 Å². The van der Waals surface area contributed by atoms with E-state index in [0.717, 1.165) is 62.7 Å². The molecule has 1 heterocycles. The van der Waals surface area contributed by atoms with E-state index in [1.807, 2.05) is 0 Å². The Kier molecular flexibility index (Phi) is 8.16. The maximum Gasteiger partial charge on any atom is 0.328 e. The van der Waals surface area contributed by atoms with Crippen LogP contribution in [0.3, 0.4) is 0 Å². The van der Waals surface area contributed by atoms with Crippen LogP contribution >= 0.6 is 11.3 Å². The lowest BCUT2D eigenvalue weighted by molar-refractivity contribution is -0.203. The van der Waals surface area contributed by atoms with Gasteiger partial charge < -0.3 is 15.5 Å². The van der Waals surface area contributed by atoms with Crippen molar-refractivity contribution in [3.05, 3.63) is 11.6 Å². The average molecular weight is 582 g/mol. The molecule has 11 atom stereocenters. The summed E-state index contributed by atoms with van der Waals surface area (Å²) in [5.41, 5.74) is 0.360. The Morgan fingerprint density at radius 3 is 2.54 bits per heavy atom. The Balaban J connectivity index is 1.23. The highest BCUT2D eigenvalue weighted by Gasteiger charge is 2.64. The third-order valence-corrected chi connectivity index (χ3v) is 14.4.